The monoisotopic (exact) mass is 1100 g/mol. The second-order valence-electron chi connectivity index (χ2n) is 22.8. The maximum Gasteiger partial charge on any atom is 0.135 e. The van der Waals surface area contributed by atoms with E-state index in [-0.39, 0.29) is 42.7 Å². The molecule has 7 aromatic carbocycles. The van der Waals surface area contributed by atoms with E-state index in [2.05, 4.69) is 250 Å². The van der Waals surface area contributed by atoms with Gasteiger partial charge in [0.15, 0.2) is 0 Å². The number of pyridine rings is 1. The van der Waals surface area contributed by atoms with Gasteiger partial charge in [0.05, 0.1) is 0 Å². The summed E-state index contributed by atoms with van der Waals surface area (Å²) >= 11 is 0. The maximum atomic E-state index is 6.73. The van der Waals surface area contributed by atoms with Crippen LogP contribution in [0.25, 0.3) is 49.9 Å². The first-order chi connectivity index (χ1) is 32.7. The van der Waals surface area contributed by atoms with E-state index in [1.54, 1.807) is 0 Å². The van der Waals surface area contributed by atoms with Crippen molar-refractivity contribution in [1.82, 2.24) is 9.55 Å². The predicted molar refractivity (Wildman–Crippen MR) is 290 cm³/mol. The Hall–Kier alpha value is -6.42. The normalized spacial score (nSPS) is 13.2. The Morgan fingerprint density at radius 2 is 1.06 bits per heavy atom. The molecule has 0 saturated heterocycles. The second-order valence-corrected chi connectivity index (χ2v) is 22.8. The van der Waals surface area contributed by atoms with Crippen LogP contribution in [0.1, 0.15) is 105 Å². The molecule has 0 atom stereocenters. The fourth-order valence-corrected chi connectivity index (χ4v) is 9.31. The molecule has 0 aliphatic carbocycles. The molecule has 0 unspecified atom stereocenters. The van der Waals surface area contributed by atoms with E-state index in [0.717, 1.165) is 55.9 Å². The van der Waals surface area contributed by atoms with Gasteiger partial charge >= 0.3 is 0 Å². The minimum Gasteiger partial charge on any atom is -0.509 e. The van der Waals surface area contributed by atoms with Gasteiger partial charge in [0, 0.05) is 61.3 Å². The number of anilines is 4. The van der Waals surface area contributed by atoms with Crippen LogP contribution in [-0.2, 0) is 42.7 Å². The van der Waals surface area contributed by atoms with Gasteiger partial charge in [0.1, 0.15) is 5.82 Å². The quantitative estimate of drug-likeness (QED) is 0.149. The molecule has 0 fully saturated rings. The first kappa shape index (κ1) is 48.6. The molecule has 2 aromatic heterocycles. The van der Waals surface area contributed by atoms with Gasteiger partial charge in [-0.15, -0.1) is 48.1 Å². The summed E-state index contributed by atoms with van der Waals surface area (Å²) in [7, 11) is 0. The van der Waals surface area contributed by atoms with Crippen molar-refractivity contribution in [1.29, 1.82) is 0 Å². The number of para-hydroxylation sites is 2. The number of fused-ring (bicyclic) bond motifs is 4. The summed E-state index contributed by atoms with van der Waals surface area (Å²) in [5.41, 5.74) is 15.9. The Bertz CT molecular complexity index is 3360. The standard InChI is InChI=1S/C64H63N4O.Pt/c1-61(2,3)46-29-30-65-60(38-46)68-56-28-25-43(42-19-14-13-15-20-42)35-55(56)54-27-26-53(40-59(54)68)69-52-22-18-21-50(39-52)66-41-67(58-24-17-16-23-57(58)66)51-34-45(33-49(37-51)64(10,11)12)44-31-47(62(4,5)6)36-48(32-44)63(7,8)9;/h13-38,41H,1-12H3;/q-3;. The molecule has 0 radical (unpaired) electrons. The molecular formula is C64H63N4OPt-3. The smallest absolute Gasteiger partial charge is 0.135 e. The zero-order chi connectivity index (χ0) is 48.6. The summed E-state index contributed by atoms with van der Waals surface area (Å²) in [6.45, 7) is 29.6. The molecule has 1 aliphatic heterocycles. The number of benzene rings is 7. The topological polar surface area (TPSA) is 33.5 Å². The van der Waals surface area contributed by atoms with Crippen LogP contribution in [0.15, 0.2) is 158 Å². The van der Waals surface area contributed by atoms with Gasteiger partial charge in [-0.2, -0.15) is 12.1 Å². The van der Waals surface area contributed by atoms with Gasteiger partial charge in [-0.1, -0.05) is 167 Å². The second kappa shape index (κ2) is 18.1. The fourth-order valence-electron chi connectivity index (χ4n) is 9.31. The minimum absolute atomic E-state index is 0. The van der Waals surface area contributed by atoms with Crippen LogP contribution in [0.3, 0.4) is 0 Å². The van der Waals surface area contributed by atoms with Gasteiger partial charge in [0.25, 0.3) is 0 Å². The summed E-state index contributed by atoms with van der Waals surface area (Å²) < 4.78 is 8.95. The molecule has 3 heterocycles. The largest absolute Gasteiger partial charge is 0.509 e. The molecule has 0 N–H and O–H groups in total. The van der Waals surface area contributed by atoms with Gasteiger partial charge in [-0.25, -0.2) is 4.98 Å². The van der Waals surface area contributed by atoms with Crippen molar-refractivity contribution >= 4 is 44.6 Å². The van der Waals surface area contributed by atoms with Crippen LogP contribution in [-0.4, -0.2) is 9.55 Å². The summed E-state index contributed by atoms with van der Waals surface area (Å²) in [6.07, 6.45) is 1.91. The molecule has 0 spiro atoms. The van der Waals surface area contributed by atoms with E-state index >= 15 is 0 Å². The Labute approximate surface area is 430 Å². The molecule has 1 aliphatic rings. The van der Waals surface area contributed by atoms with Crippen molar-refractivity contribution in [3.63, 3.8) is 0 Å². The van der Waals surface area contributed by atoms with E-state index in [1.165, 1.54) is 38.9 Å². The molecule has 9 aromatic rings. The van der Waals surface area contributed by atoms with Crippen LogP contribution in [0.4, 0.5) is 22.7 Å². The number of nitrogens with zero attached hydrogens (tertiary/aromatic N) is 4. The van der Waals surface area contributed by atoms with Crippen LogP contribution >= 0.6 is 0 Å². The van der Waals surface area contributed by atoms with Crippen molar-refractivity contribution in [2.75, 3.05) is 9.80 Å². The third-order valence-corrected chi connectivity index (χ3v) is 13.5. The average molecular weight is 1100 g/mol. The SMILES string of the molecule is CC(C)(C)c1cc(-c2cc(C(C)(C)C)cc(C(C)(C)C)c2)cc(N2[CH-]N(c3[c-]c(Oc4[c-]c5c(cc4)c4cc(-c6ccccc6)ccc4n5-c4cc(C(C)(C)C)ccn4)ccc3)c3ccccc32)c1.[Pt]. The van der Waals surface area contributed by atoms with E-state index < -0.39 is 0 Å². The van der Waals surface area contributed by atoms with Crippen molar-refractivity contribution in [2.24, 2.45) is 0 Å². The van der Waals surface area contributed by atoms with Crippen molar-refractivity contribution in [2.45, 2.75) is 105 Å². The molecular weight excluding hydrogens is 1040 g/mol. The zero-order valence-corrected chi connectivity index (χ0v) is 44.9. The molecule has 10 rings (SSSR count). The number of hydrogen-bond donors (Lipinski definition) is 0. The number of rotatable bonds is 7. The van der Waals surface area contributed by atoms with Crippen LogP contribution in [0.5, 0.6) is 11.5 Å². The van der Waals surface area contributed by atoms with Crippen molar-refractivity contribution < 1.29 is 25.8 Å². The molecule has 0 amide bonds. The van der Waals surface area contributed by atoms with E-state index in [9.17, 15) is 0 Å². The van der Waals surface area contributed by atoms with Crippen LogP contribution < -0.4 is 14.5 Å². The van der Waals surface area contributed by atoms with Crippen molar-refractivity contribution in [3.8, 4) is 39.6 Å². The van der Waals surface area contributed by atoms with E-state index in [1.807, 2.05) is 24.4 Å². The number of ether oxygens (including phenoxy) is 1. The average Bonchev–Trinajstić information content (AvgIpc) is 3.86. The molecule has 0 bridgehead atoms. The van der Waals surface area contributed by atoms with Crippen LogP contribution in [0.2, 0.25) is 0 Å². The van der Waals surface area contributed by atoms with E-state index in [4.69, 9.17) is 9.72 Å². The summed E-state index contributed by atoms with van der Waals surface area (Å²) in [6, 6.07) is 62.0. The summed E-state index contributed by atoms with van der Waals surface area (Å²) in [4.78, 5) is 9.47. The number of aromatic nitrogens is 2. The molecule has 5 nitrogen and oxygen atoms in total. The third-order valence-electron chi connectivity index (χ3n) is 13.5. The number of hydrogen-bond acceptors (Lipinski definition) is 4. The Morgan fingerprint density at radius 3 is 1.71 bits per heavy atom. The molecule has 0 saturated carbocycles. The Balaban J connectivity index is 0.00000608. The summed E-state index contributed by atoms with van der Waals surface area (Å²) in [5, 5.41) is 2.21. The Kier molecular flexibility index (Phi) is 12.5. The zero-order valence-electron chi connectivity index (χ0n) is 42.6. The Morgan fingerprint density at radius 1 is 0.457 bits per heavy atom. The first-order valence-electron chi connectivity index (χ1n) is 24.3. The minimum atomic E-state index is -0.0793. The van der Waals surface area contributed by atoms with Crippen LogP contribution in [0, 0.1) is 18.8 Å². The van der Waals surface area contributed by atoms with Gasteiger partial charge in [0.2, 0.25) is 0 Å². The maximum absolute atomic E-state index is 6.73. The third kappa shape index (κ3) is 9.46. The van der Waals surface area contributed by atoms with Gasteiger partial charge in [-0.3, -0.25) is 0 Å². The van der Waals surface area contributed by atoms with Gasteiger partial charge < -0.3 is 19.1 Å². The molecule has 6 heteroatoms. The van der Waals surface area contributed by atoms with Gasteiger partial charge in [-0.05, 0) is 114 Å². The predicted octanol–water partition coefficient (Wildman–Crippen LogP) is 17.5. The molecule has 70 heavy (non-hydrogen) atoms. The molecule has 358 valence electrons. The first-order valence-corrected chi connectivity index (χ1v) is 24.3. The fraction of sp³-hybridized carbons (Fsp3) is 0.250. The van der Waals surface area contributed by atoms with E-state index in [0.29, 0.717) is 11.5 Å². The van der Waals surface area contributed by atoms with Crippen molar-refractivity contribution in [3.05, 3.63) is 199 Å². The summed E-state index contributed by atoms with van der Waals surface area (Å²) in [5.74, 6) is 2.04.